The van der Waals surface area contributed by atoms with Crippen LogP contribution in [-0.2, 0) is 12.8 Å². The Labute approximate surface area is 193 Å². The maximum atomic E-state index is 13.1. The maximum absolute atomic E-state index is 13.1. The molecule has 180 valence electrons. The number of nitrogens with two attached hydrogens (primary N) is 1. The maximum Gasteiger partial charge on any atom is 0.416 e. The molecule has 0 aliphatic carbocycles. The highest BCUT2D eigenvalue weighted by atomic mass is 19.4. The van der Waals surface area contributed by atoms with Crippen molar-refractivity contribution in [1.29, 1.82) is 0 Å². The lowest BCUT2D eigenvalue weighted by Crippen LogP contribution is -2.21. The first-order valence-electron chi connectivity index (χ1n) is 9.64. The number of amides is 1. The van der Waals surface area contributed by atoms with E-state index in [1.807, 2.05) is 0 Å². The van der Waals surface area contributed by atoms with Crippen LogP contribution in [-0.4, -0.2) is 37.4 Å². The number of rotatable bonds is 7. The van der Waals surface area contributed by atoms with E-state index in [-0.39, 0.29) is 35.4 Å². The van der Waals surface area contributed by atoms with E-state index in [1.54, 1.807) is 0 Å². The molecule has 2 aromatic heterocycles. The summed E-state index contributed by atoms with van der Waals surface area (Å²) in [4.78, 5) is 12.7. The van der Waals surface area contributed by atoms with E-state index in [0.717, 1.165) is 23.0 Å². The van der Waals surface area contributed by atoms with Gasteiger partial charge in [-0.05, 0) is 52.3 Å². The van der Waals surface area contributed by atoms with E-state index >= 15 is 0 Å². The van der Waals surface area contributed by atoms with Crippen molar-refractivity contribution in [2.24, 2.45) is 5.10 Å². The first-order valence-corrected chi connectivity index (χ1v) is 9.64. The normalized spacial score (nSPS) is 11.7. The zero-order valence-corrected chi connectivity index (χ0v) is 17.4. The fourth-order valence-corrected chi connectivity index (χ4v) is 2.77. The largest absolute Gasteiger partial charge is 0.487 e. The van der Waals surface area contributed by atoms with Gasteiger partial charge in [-0.2, -0.15) is 23.0 Å². The Morgan fingerprint density at radius 3 is 2.49 bits per heavy atom. The molecule has 2 heterocycles. The molecule has 0 radical (unpaired) electrons. The molecule has 15 heteroatoms. The summed E-state index contributed by atoms with van der Waals surface area (Å²) in [6.07, 6.45) is -3.32. The highest BCUT2D eigenvalue weighted by Gasteiger charge is 2.30. The van der Waals surface area contributed by atoms with Crippen LogP contribution in [0.15, 0.2) is 58.3 Å². The van der Waals surface area contributed by atoms with Crippen molar-refractivity contribution in [2.75, 3.05) is 5.73 Å². The molecular formula is C20H14F4N8O3. The van der Waals surface area contributed by atoms with Crippen LogP contribution < -0.4 is 15.9 Å². The van der Waals surface area contributed by atoms with Crippen LogP contribution in [0.3, 0.4) is 0 Å². The average Bonchev–Trinajstić information content (AvgIpc) is 3.44. The molecule has 0 spiro atoms. The summed E-state index contributed by atoms with van der Waals surface area (Å²) >= 11 is 0. The van der Waals surface area contributed by atoms with Gasteiger partial charge in [0.1, 0.15) is 23.9 Å². The van der Waals surface area contributed by atoms with Gasteiger partial charge in [0.25, 0.3) is 5.91 Å². The third-order valence-electron chi connectivity index (χ3n) is 4.48. The second kappa shape index (κ2) is 9.58. The van der Waals surface area contributed by atoms with E-state index in [0.29, 0.717) is 5.56 Å². The highest BCUT2D eigenvalue weighted by molar-refractivity contribution is 5.94. The first-order chi connectivity index (χ1) is 16.7. The van der Waals surface area contributed by atoms with Gasteiger partial charge >= 0.3 is 6.18 Å². The molecule has 0 saturated heterocycles. The number of hydrogen-bond acceptors (Lipinski definition) is 9. The summed E-state index contributed by atoms with van der Waals surface area (Å²) in [6.45, 7) is -0.268. The van der Waals surface area contributed by atoms with Crippen molar-refractivity contribution < 1.29 is 31.7 Å². The minimum atomic E-state index is -4.47. The zero-order chi connectivity index (χ0) is 25.0. The molecule has 4 aromatic rings. The molecule has 3 N–H and O–H groups in total. The summed E-state index contributed by atoms with van der Waals surface area (Å²) in [5.74, 6) is -1.17. The zero-order valence-electron chi connectivity index (χ0n) is 17.4. The Morgan fingerprint density at radius 1 is 1.14 bits per heavy atom. The third-order valence-corrected chi connectivity index (χ3v) is 4.48. The molecule has 0 aliphatic rings. The number of carbonyl (C=O) groups is 1. The van der Waals surface area contributed by atoms with Crippen LogP contribution in [0.25, 0.3) is 5.82 Å². The van der Waals surface area contributed by atoms with Gasteiger partial charge in [-0.15, -0.1) is 5.10 Å². The van der Waals surface area contributed by atoms with Gasteiger partial charge in [-0.1, -0.05) is 17.3 Å². The molecule has 4 rings (SSSR count). The Morgan fingerprint density at radius 2 is 1.86 bits per heavy atom. The third kappa shape index (κ3) is 5.40. The van der Waals surface area contributed by atoms with Gasteiger partial charge in [-0.25, -0.2) is 14.4 Å². The van der Waals surface area contributed by atoms with Gasteiger partial charge in [0.05, 0.1) is 11.8 Å². The van der Waals surface area contributed by atoms with Crippen molar-refractivity contribution in [2.45, 2.75) is 12.8 Å². The number of alkyl halides is 3. The number of halogens is 4. The van der Waals surface area contributed by atoms with Crippen LogP contribution in [0.1, 0.15) is 27.3 Å². The average molecular weight is 490 g/mol. The number of nitrogens with zero attached hydrogens (tertiary/aromatic N) is 6. The van der Waals surface area contributed by atoms with E-state index in [4.69, 9.17) is 10.5 Å². The monoisotopic (exact) mass is 490 g/mol. The molecule has 11 nitrogen and oxygen atoms in total. The van der Waals surface area contributed by atoms with Crippen LogP contribution in [0.4, 0.5) is 23.4 Å². The van der Waals surface area contributed by atoms with E-state index in [1.165, 1.54) is 36.4 Å². The van der Waals surface area contributed by atoms with Crippen molar-refractivity contribution in [3.63, 3.8) is 0 Å². The SMILES string of the molecule is Nc1nonc1-n1nnc(C(=O)NN=Cc2ccc(C(F)(F)F)cc2)c1COc1ccc(F)cc1. The summed E-state index contributed by atoms with van der Waals surface area (Å²) in [7, 11) is 0. The molecule has 0 aliphatic heterocycles. The van der Waals surface area contributed by atoms with Crippen molar-refractivity contribution in [1.82, 2.24) is 30.7 Å². The minimum Gasteiger partial charge on any atom is -0.487 e. The van der Waals surface area contributed by atoms with Crippen molar-refractivity contribution >= 4 is 17.9 Å². The lowest BCUT2D eigenvalue weighted by molar-refractivity contribution is -0.137. The Kier molecular flexibility index (Phi) is 6.39. The summed E-state index contributed by atoms with van der Waals surface area (Å²) in [6, 6.07) is 9.29. The molecule has 0 atom stereocenters. The van der Waals surface area contributed by atoms with Crippen LogP contribution in [0.2, 0.25) is 0 Å². The van der Waals surface area contributed by atoms with Crippen molar-refractivity contribution in [3.05, 3.63) is 76.9 Å². The van der Waals surface area contributed by atoms with Crippen LogP contribution >= 0.6 is 0 Å². The molecule has 1 amide bonds. The number of hydrazone groups is 1. The predicted molar refractivity (Wildman–Crippen MR) is 111 cm³/mol. The van der Waals surface area contributed by atoms with Crippen LogP contribution in [0, 0.1) is 5.82 Å². The van der Waals surface area contributed by atoms with Crippen LogP contribution in [0.5, 0.6) is 5.75 Å². The van der Waals surface area contributed by atoms with Gasteiger partial charge in [0.2, 0.25) is 11.6 Å². The second-order valence-electron chi connectivity index (χ2n) is 6.83. The Balaban J connectivity index is 1.53. The minimum absolute atomic E-state index is 0.0532. The fraction of sp³-hybridized carbons (Fsp3) is 0.100. The Bertz CT molecular complexity index is 1350. The molecule has 2 aromatic carbocycles. The number of benzene rings is 2. The molecular weight excluding hydrogens is 476 g/mol. The molecule has 35 heavy (non-hydrogen) atoms. The summed E-state index contributed by atoms with van der Waals surface area (Å²) in [5, 5.41) is 18.4. The fourth-order valence-electron chi connectivity index (χ4n) is 2.77. The van der Waals surface area contributed by atoms with Gasteiger partial charge in [0, 0.05) is 0 Å². The lowest BCUT2D eigenvalue weighted by atomic mass is 10.1. The van der Waals surface area contributed by atoms with Crippen molar-refractivity contribution in [3.8, 4) is 11.6 Å². The smallest absolute Gasteiger partial charge is 0.416 e. The number of aromatic nitrogens is 5. The van der Waals surface area contributed by atoms with Gasteiger partial charge in [-0.3, -0.25) is 4.79 Å². The number of carbonyl (C=O) groups excluding carboxylic acids is 1. The quantitative estimate of drug-likeness (QED) is 0.228. The number of hydrogen-bond donors (Lipinski definition) is 2. The molecule has 0 saturated carbocycles. The predicted octanol–water partition coefficient (Wildman–Crippen LogP) is 2.73. The standard InChI is InChI=1S/C20H14F4N8O3/c21-13-5-7-14(8-6-13)34-10-15-16(27-31-32(15)18-17(25)29-35-30-18)19(33)28-26-9-11-1-3-12(4-2-11)20(22,23)24/h1-9H,10H2,(H2,25,29)(H,28,33). The van der Waals surface area contributed by atoms with Gasteiger partial charge < -0.3 is 10.5 Å². The first kappa shape index (κ1) is 23.3. The highest BCUT2D eigenvalue weighted by Crippen LogP contribution is 2.28. The molecule has 0 unspecified atom stereocenters. The number of nitrogen functional groups attached to an aromatic ring is 1. The van der Waals surface area contributed by atoms with E-state index < -0.39 is 23.5 Å². The summed E-state index contributed by atoms with van der Waals surface area (Å²) in [5.41, 5.74) is 7.26. The van der Waals surface area contributed by atoms with E-state index in [9.17, 15) is 22.4 Å². The van der Waals surface area contributed by atoms with E-state index in [2.05, 4.69) is 35.8 Å². The Hall–Kier alpha value is -4.82. The molecule has 0 bridgehead atoms. The second-order valence-corrected chi connectivity index (χ2v) is 6.83. The lowest BCUT2D eigenvalue weighted by Gasteiger charge is -2.08. The topological polar surface area (TPSA) is 146 Å². The number of anilines is 1. The number of ether oxygens (including phenoxy) is 1. The summed E-state index contributed by atoms with van der Waals surface area (Å²) < 4.78 is 62.4. The number of nitrogens with one attached hydrogen (secondary N) is 1. The van der Waals surface area contributed by atoms with Gasteiger partial charge in [0.15, 0.2) is 5.69 Å². The molecule has 0 fully saturated rings.